The summed E-state index contributed by atoms with van der Waals surface area (Å²) in [4.78, 5) is 27.0. The van der Waals surface area contributed by atoms with Gasteiger partial charge in [0.1, 0.15) is 0 Å². The minimum Gasteiger partial charge on any atom is -0.356 e. The third-order valence-corrected chi connectivity index (χ3v) is 4.66. The third kappa shape index (κ3) is 4.60. The second-order valence-corrected chi connectivity index (χ2v) is 6.59. The SMILES string of the molecule is Cc1ccccc1CCCC(=O)NCCc1cc2ccccc2[nH]c1=O. The maximum Gasteiger partial charge on any atom is 0.251 e. The number of aromatic nitrogens is 1. The number of hydrogen-bond acceptors (Lipinski definition) is 2. The predicted octanol–water partition coefficient (Wildman–Crippen LogP) is 3.52. The van der Waals surface area contributed by atoms with E-state index in [1.54, 1.807) is 0 Å². The molecule has 0 spiro atoms. The lowest BCUT2D eigenvalue weighted by molar-refractivity contribution is -0.121. The molecule has 1 heterocycles. The van der Waals surface area contributed by atoms with Crippen LogP contribution in [0, 0.1) is 6.92 Å². The first kappa shape index (κ1) is 17.9. The van der Waals surface area contributed by atoms with Crippen LogP contribution >= 0.6 is 0 Å². The highest BCUT2D eigenvalue weighted by Gasteiger charge is 2.05. The summed E-state index contributed by atoms with van der Waals surface area (Å²) in [7, 11) is 0. The average Bonchev–Trinajstić information content (AvgIpc) is 2.64. The van der Waals surface area contributed by atoms with Gasteiger partial charge in [0.2, 0.25) is 5.91 Å². The van der Waals surface area contributed by atoms with Crippen molar-refractivity contribution in [1.82, 2.24) is 10.3 Å². The molecule has 4 heteroatoms. The molecule has 1 amide bonds. The second kappa shape index (κ2) is 8.48. The number of hydrogen-bond donors (Lipinski definition) is 2. The molecule has 0 fully saturated rings. The number of rotatable bonds is 7. The lowest BCUT2D eigenvalue weighted by atomic mass is 10.0. The van der Waals surface area contributed by atoms with E-state index in [2.05, 4.69) is 29.4 Å². The van der Waals surface area contributed by atoms with Gasteiger partial charge in [-0.25, -0.2) is 0 Å². The maximum absolute atomic E-state index is 12.1. The van der Waals surface area contributed by atoms with Crippen LogP contribution in [0.5, 0.6) is 0 Å². The van der Waals surface area contributed by atoms with Gasteiger partial charge in [-0.05, 0) is 54.8 Å². The number of amides is 1. The number of fused-ring (bicyclic) bond motifs is 1. The normalized spacial score (nSPS) is 10.8. The first-order valence-corrected chi connectivity index (χ1v) is 9.05. The number of H-pyrrole nitrogens is 1. The van der Waals surface area contributed by atoms with Crippen LogP contribution in [0.25, 0.3) is 10.9 Å². The summed E-state index contributed by atoms with van der Waals surface area (Å²) in [6.45, 7) is 2.57. The van der Waals surface area contributed by atoms with Gasteiger partial charge in [-0.15, -0.1) is 0 Å². The maximum atomic E-state index is 12.1. The fourth-order valence-electron chi connectivity index (χ4n) is 3.13. The lowest BCUT2D eigenvalue weighted by Crippen LogP contribution is -2.27. The van der Waals surface area contributed by atoms with E-state index in [0.29, 0.717) is 24.9 Å². The molecule has 0 atom stereocenters. The Morgan fingerprint density at radius 2 is 1.77 bits per heavy atom. The highest BCUT2D eigenvalue weighted by molar-refractivity contribution is 5.78. The van der Waals surface area contributed by atoms with E-state index in [9.17, 15) is 9.59 Å². The van der Waals surface area contributed by atoms with E-state index in [-0.39, 0.29) is 11.5 Å². The Kier molecular flexibility index (Phi) is 5.84. The van der Waals surface area contributed by atoms with Crippen molar-refractivity contribution >= 4 is 16.8 Å². The second-order valence-electron chi connectivity index (χ2n) is 6.59. The molecule has 0 aliphatic heterocycles. The van der Waals surface area contributed by atoms with Gasteiger partial charge in [0.15, 0.2) is 0 Å². The molecule has 0 saturated heterocycles. The molecular weight excluding hydrogens is 324 g/mol. The van der Waals surface area contributed by atoms with Gasteiger partial charge in [-0.2, -0.15) is 0 Å². The highest BCUT2D eigenvalue weighted by Crippen LogP contribution is 2.11. The number of pyridine rings is 1. The molecule has 4 nitrogen and oxygen atoms in total. The number of benzene rings is 2. The molecule has 3 rings (SSSR count). The van der Waals surface area contributed by atoms with Gasteiger partial charge in [0.25, 0.3) is 5.56 Å². The molecule has 0 saturated carbocycles. The minimum atomic E-state index is -0.0856. The number of para-hydroxylation sites is 1. The molecular formula is C22H24N2O2. The van der Waals surface area contributed by atoms with E-state index >= 15 is 0 Å². The number of aryl methyl sites for hydroxylation is 2. The summed E-state index contributed by atoms with van der Waals surface area (Å²) in [6.07, 6.45) is 2.77. The van der Waals surface area contributed by atoms with Crippen molar-refractivity contribution < 1.29 is 4.79 Å². The molecule has 0 bridgehead atoms. The summed E-state index contributed by atoms with van der Waals surface area (Å²) in [5, 5.41) is 3.92. The quantitative estimate of drug-likeness (QED) is 0.686. The summed E-state index contributed by atoms with van der Waals surface area (Å²) in [6, 6.07) is 17.9. The van der Waals surface area contributed by atoms with Crippen molar-refractivity contribution in [3.05, 3.63) is 81.6 Å². The number of nitrogens with one attached hydrogen (secondary N) is 2. The average molecular weight is 348 g/mol. The van der Waals surface area contributed by atoms with Crippen LogP contribution in [0.15, 0.2) is 59.4 Å². The van der Waals surface area contributed by atoms with Gasteiger partial charge in [-0.3, -0.25) is 9.59 Å². The molecule has 3 aromatic rings. The van der Waals surface area contributed by atoms with Crippen molar-refractivity contribution in [2.45, 2.75) is 32.6 Å². The molecule has 2 aromatic carbocycles. The molecule has 0 aliphatic carbocycles. The van der Waals surface area contributed by atoms with E-state index in [1.165, 1.54) is 11.1 Å². The van der Waals surface area contributed by atoms with Gasteiger partial charge in [-0.1, -0.05) is 42.5 Å². The van der Waals surface area contributed by atoms with Crippen molar-refractivity contribution in [3.8, 4) is 0 Å². The summed E-state index contributed by atoms with van der Waals surface area (Å²) in [5.74, 6) is 0.0378. The van der Waals surface area contributed by atoms with Crippen LogP contribution in [-0.2, 0) is 17.6 Å². The Labute approximate surface area is 153 Å². The highest BCUT2D eigenvalue weighted by atomic mass is 16.1. The molecule has 0 unspecified atom stereocenters. The Morgan fingerprint density at radius 1 is 1.00 bits per heavy atom. The van der Waals surface area contributed by atoms with Crippen molar-refractivity contribution in [2.75, 3.05) is 6.54 Å². The minimum absolute atomic E-state index is 0.0378. The number of carbonyl (C=O) groups excluding carboxylic acids is 1. The van der Waals surface area contributed by atoms with Gasteiger partial charge < -0.3 is 10.3 Å². The largest absolute Gasteiger partial charge is 0.356 e. The van der Waals surface area contributed by atoms with Crippen LogP contribution in [0.3, 0.4) is 0 Å². The fourth-order valence-corrected chi connectivity index (χ4v) is 3.13. The topological polar surface area (TPSA) is 62.0 Å². The van der Waals surface area contributed by atoms with E-state index in [0.717, 1.165) is 23.7 Å². The predicted molar refractivity (Wildman–Crippen MR) is 105 cm³/mol. The summed E-state index contributed by atoms with van der Waals surface area (Å²) < 4.78 is 0. The Hall–Kier alpha value is -2.88. The molecule has 0 radical (unpaired) electrons. The summed E-state index contributed by atoms with van der Waals surface area (Å²) in [5.41, 5.74) is 4.01. The van der Waals surface area contributed by atoms with E-state index in [1.807, 2.05) is 42.5 Å². The smallest absolute Gasteiger partial charge is 0.251 e. The fraction of sp³-hybridized carbons (Fsp3) is 0.273. The van der Waals surface area contributed by atoms with Crippen LogP contribution in [0.1, 0.15) is 29.5 Å². The summed E-state index contributed by atoms with van der Waals surface area (Å²) >= 11 is 0. The van der Waals surface area contributed by atoms with Crippen LogP contribution in [0.4, 0.5) is 0 Å². The van der Waals surface area contributed by atoms with Gasteiger partial charge >= 0.3 is 0 Å². The van der Waals surface area contributed by atoms with Crippen molar-refractivity contribution in [1.29, 1.82) is 0 Å². The van der Waals surface area contributed by atoms with Crippen LogP contribution in [-0.4, -0.2) is 17.4 Å². The molecule has 26 heavy (non-hydrogen) atoms. The van der Waals surface area contributed by atoms with Gasteiger partial charge in [0, 0.05) is 24.0 Å². The molecule has 0 aliphatic rings. The first-order chi connectivity index (χ1) is 12.6. The Bertz CT molecular complexity index is 960. The zero-order valence-electron chi connectivity index (χ0n) is 15.0. The monoisotopic (exact) mass is 348 g/mol. The first-order valence-electron chi connectivity index (χ1n) is 9.05. The van der Waals surface area contributed by atoms with Gasteiger partial charge in [0.05, 0.1) is 0 Å². The standard InChI is InChI=1S/C22H24N2O2/c1-16-7-2-3-8-17(16)10-6-12-21(25)23-14-13-19-15-18-9-4-5-11-20(18)24-22(19)26/h2-5,7-9,11,15H,6,10,12-14H2,1H3,(H,23,25)(H,24,26). The Morgan fingerprint density at radius 3 is 2.62 bits per heavy atom. The molecule has 134 valence electrons. The molecule has 1 aromatic heterocycles. The van der Waals surface area contributed by atoms with Crippen LogP contribution < -0.4 is 10.9 Å². The Balaban J connectivity index is 1.46. The molecule has 2 N–H and O–H groups in total. The van der Waals surface area contributed by atoms with Crippen molar-refractivity contribution in [2.24, 2.45) is 0 Å². The van der Waals surface area contributed by atoms with E-state index in [4.69, 9.17) is 0 Å². The van der Waals surface area contributed by atoms with Crippen molar-refractivity contribution in [3.63, 3.8) is 0 Å². The number of aromatic amines is 1. The number of carbonyl (C=O) groups is 1. The third-order valence-electron chi connectivity index (χ3n) is 4.66. The lowest BCUT2D eigenvalue weighted by Gasteiger charge is -2.07. The van der Waals surface area contributed by atoms with E-state index < -0.39 is 0 Å². The zero-order valence-corrected chi connectivity index (χ0v) is 15.0. The zero-order chi connectivity index (χ0) is 18.4. The van der Waals surface area contributed by atoms with Crippen LogP contribution in [0.2, 0.25) is 0 Å².